The summed E-state index contributed by atoms with van der Waals surface area (Å²) in [5, 5.41) is 17.6. The van der Waals surface area contributed by atoms with Gasteiger partial charge in [-0.1, -0.05) is 12.1 Å². The molecule has 176 valence electrons. The van der Waals surface area contributed by atoms with Crippen molar-refractivity contribution in [1.82, 2.24) is 9.97 Å². The fraction of sp³-hybridized carbons (Fsp3) is 0.182. The monoisotopic (exact) mass is 467 g/mol. The first kappa shape index (κ1) is 23.9. The Labute approximate surface area is 194 Å². The van der Waals surface area contributed by atoms with Crippen molar-refractivity contribution in [2.45, 2.75) is 6.54 Å². The van der Waals surface area contributed by atoms with Gasteiger partial charge in [-0.3, -0.25) is 10.1 Å². The summed E-state index contributed by atoms with van der Waals surface area (Å²) < 4.78 is 14.5. The highest BCUT2D eigenvalue weighted by Gasteiger charge is 2.24. The van der Waals surface area contributed by atoms with Gasteiger partial charge in [0.2, 0.25) is 11.6 Å². The summed E-state index contributed by atoms with van der Waals surface area (Å²) in [7, 11) is 3.94. The summed E-state index contributed by atoms with van der Waals surface area (Å²) in [6.45, 7) is 0.256. The highest BCUT2D eigenvalue weighted by atomic mass is 16.6. The zero-order chi connectivity index (χ0) is 24.7. The lowest BCUT2D eigenvalue weighted by Crippen LogP contribution is -2.10. The molecule has 0 saturated carbocycles. The molecule has 0 radical (unpaired) electrons. The molecular weight excluding hydrogens is 446 g/mol. The fourth-order valence-corrected chi connectivity index (χ4v) is 3.01. The molecule has 2 aromatic carbocycles. The van der Waals surface area contributed by atoms with E-state index in [1.807, 2.05) is 12.1 Å². The van der Waals surface area contributed by atoms with Crippen molar-refractivity contribution in [1.29, 1.82) is 0 Å². The molecule has 34 heavy (non-hydrogen) atoms. The van der Waals surface area contributed by atoms with E-state index in [1.54, 1.807) is 19.2 Å². The predicted octanol–water partition coefficient (Wildman–Crippen LogP) is 3.32. The maximum Gasteiger partial charge on any atom is 0.353 e. The van der Waals surface area contributed by atoms with Crippen LogP contribution in [0.1, 0.15) is 26.3 Å². The van der Waals surface area contributed by atoms with E-state index in [0.717, 1.165) is 11.9 Å². The van der Waals surface area contributed by atoms with Crippen LogP contribution in [0.5, 0.6) is 5.75 Å². The second-order valence-corrected chi connectivity index (χ2v) is 6.79. The molecule has 0 aliphatic heterocycles. The SMILES string of the molecule is COC(=O)c1cc(Nc2ncnc(NCc3ccc(OC)cc3)c2[N+](=O)[O-])cc(C(=O)OC)c1. The summed E-state index contributed by atoms with van der Waals surface area (Å²) in [5.74, 6) is -0.880. The molecule has 3 rings (SSSR count). The van der Waals surface area contributed by atoms with Crippen molar-refractivity contribution < 1.29 is 28.7 Å². The van der Waals surface area contributed by atoms with Crippen LogP contribution in [-0.2, 0) is 16.0 Å². The predicted molar refractivity (Wildman–Crippen MR) is 121 cm³/mol. The van der Waals surface area contributed by atoms with Crippen molar-refractivity contribution in [3.05, 3.63) is 75.6 Å². The Balaban J connectivity index is 1.93. The first-order valence-electron chi connectivity index (χ1n) is 9.81. The van der Waals surface area contributed by atoms with Crippen LogP contribution in [0.2, 0.25) is 0 Å². The average molecular weight is 467 g/mol. The summed E-state index contributed by atoms with van der Waals surface area (Å²) in [4.78, 5) is 43.2. The van der Waals surface area contributed by atoms with E-state index in [0.29, 0.717) is 5.75 Å². The van der Waals surface area contributed by atoms with Crippen molar-refractivity contribution >= 4 is 34.9 Å². The van der Waals surface area contributed by atoms with Crippen molar-refractivity contribution in [2.24, 2.45) is 0 Å². The number of aromatic nitrogens is 2. The minimum atomic E-state index is -0.701. The topological polar surface area (TPSA) is 155 Å². The Hall–Kier alpha value is -4.74. The smallest absolute Gasteiger partial charge is 0.353 e. The maximum absolute atomic E-state index is 12.0. The molecular formula is C22H21N5O7. The van der Waals surface area contributed by atoms with Gasteiger partial charge in [-0.05, 0) is 35.9 Å². The maximum atomic E-state index is 12.0. The van der Waals surface area contributed by atoms with Gasteiger partial charge in [-0.2, -0.15) is 0 Å². The largest absolute Gasteiger partial charge is 0.497 e. The van der Waals surface area contributed by atoms with E-state index in [4.69, 9.17) is 14.2 Å². The number of nitrogens with one attached hydrogen (secondary N) is 2. The molecule has 0 spiro atoms. The van der Waals surface area contributed by atoms with E-state index in [2.05, 4.69) is 20.6 Å². The van der Waals surface area contributed by atoms with Gasteiger partial charge in [-0.25, -0.2) is 19.6 Å². The van der Waals surface area contributed by atoms with Gasteiger partial charge in [0.1, 0.15) is 12.1 Å². The Morgan fingerprint density at radius 1 is 0.941 bits per heavy atom. The molecule has 0 unspecified atom stereocenters. The lowest BCUT2D eigenvalue weighted by atomic mass is 10.1. The molecule has 1 heterocycles. The van der Waals surface area contributed by atoms with Crippen LogP contribution in [0, 0.1) is 10.1 Å². The summed E-state index contributed by atoms with van der Waals surface area (Å²) in [6.07, 6.45) is 1.15. The zero-order valence-electron chi connectivity index (χ0n) is 18.5. The molecule has 0 aliphatic carbocycles. The van der Waals surface area contributed by atoms with Crippen LogP contribution in [0.4, 0.5) is 23.0 Å². The standard InChI is InChI=1S/C22H21N5O7/c1-32-17-6-4-13(5-7-17)11-23-19-18(27(30)31)20(25-12-24-19)26-16-9-14(21(28)33-2)8-15(10-16)22(29)34-3/h4-10,12H,11H2,1-3H3,(H2,23,24,25,26). The highest BCUT2D eigenvalue weighted by molar-refractivity contribution is 5.97. The lowest BCUT2D eigenvalue weighted by Gasteiger charge is -2.12. The van der Waals surface area contributed by atoms with Crippen molar-refractivity contribution in [3.63, 3.8) is 0 Å². The normalized spacial score (nSPS) is 10.2. The number of nitrogens with zero attached hydrogens (tertiary/aromatic N) is 3. The van der Waals surface area contributed by atoms with Gasteiger partial charge in [0.05, 0.1) is 37.4 Å². The molecule has 0 fully saturated rings. The molecule has 0 atom stereocenters. The third-order valence-electron chi connectivity index (χ3n) is 4.66. The molecule has 0 saturated heterocycles. The number of carbonyl (C=O) groups is 2. The molecule has 0 bridgehead atoms. The van der Waals surface area contributed by atoms with Crippen molar-refractivity contribution in [3.8, 4) is 5.75 Å². The number of anilines is 3. The average Bonchev–Trinajstić information content (AvgIpc) is 2.86. The Kier molecular flexibility index (Phi) is 7.54. The first-order chi connectivity index (χ1) is 16.4. The van der Waals surface area contributed by atoms with Gasteiger partial charge in [0, 0.05) is 12.2 Å². The number of nitro groups is 1. The van der Waals surface area contributed by atoms with E-state index in [1.165, 1.54) is 32.4 Å². The summed E-state index contributed by atoms with van der Waals surface area (Å²) >= 11 is 0. The fourth-order valence-electron chi connectivity index (χ4n) is 3.01. The Bertz CT molecular complexity index is 1180. The van der Waals surface area contributed by atoms with Crippen LogP contribution >= 0.6 is 0 Å². The number of hydrogen-bond acceptors (Lipinski definition) is 11. The number of hydrogen-bond donors (Lipinski definition) is 2. The highest BCUT2D eigenvalue weighted by Crippen LogP contribution is 2.32. The van der Waals surface area contributed by atoms with Gasteiger partial charge in [-0.15, -0.1) is 0 Å². The molecule has 12 nitrogen and oxygen atoms in total. The number of benzene rings is 2. The molecule has 2 N–H and O–H groups in total. The van der Waals surface area contributed by atoms with Crippen LogP contribution in [-0.4, -0.2) is 48.2 Å². The van der Waals surface area contributed by atoms with Crippen molar-refractivity contribution in [2.75, 3.05) is 32.0 Å². The van der Waals surface area contributed by atoms with Crippen LogP contribution < -0.4 is 15.4 Å². The van der Waals surface area contributed by atoms with E-state index >= 15 is 0 Å². The van der Waals surface area contributed by atoms with Gasteiger partial charge < -0.3 is 24.8 Å². The Morgan fingerprint density at radius 2 is 1.53 bits per heavy atom. The second kappa shape index (κ2) is 10.7. The molecule has 0 amide bonds. The van der Waals surface area contributed by atoms with E-state index in [-0.39, 0.29) is 35.0 Å². The van der Waals surface area contributed by atoms with Gasteiger partial charge >= 0.3 is 17.6 Å². The summed E-state index contributed by atoms with van der Waals surface area (Å²) in [5.41, 5.74) is 0.701. The Morgan fingerprint density at radius 3 is 2.06 bits per heavy atom. The van der Waals surface area contributed by atoms with E-state index in [9.17, 15) is 19.7 Å². The molecule has 3 aromatic rings. The number of ether oxygens (including phenoxy) is 3. The minimum absolute atomic E-state index is 0.0179. The second-order valence-electron chi connectivity index (χ2n) is 6.79. The summed E-state index contributed by atoms with van der Waals surface area (Å²) in [6, 6.07) is 11.2. The van der Waals surface area contributed by atoms with Crippen LogP contribution in [0.3, 0.4) is 0 Å². The van der Waals surface area contributed by atoms with E-state index < -0.39 is 22.5 Å². The van der Waals surface area contributed by atoms with Gasteiger partial charge in [0.25, 0.3) is 0 Å². The molecule has 12 heteroatoms. The zero-order valence-corrected chi connectivity index (χ0v) is 18.5. The quantitative estimate of drug-likeness (QED) is 0.270. The minimum Gasteiger partial charge on any atom is -0.497 e. The third-order valence-corrected chi connectivity index (χ3v) is 4.66. The van der Waals surface area contributed by atoms with Gasteiger partial charge in [0.15, 0.2) is 0 Å². The van der Waals surface area contributed by atoms with Crippen LogP contribution in [0.15, 0.2) is 48.8 Å². The molecule has 1 aromatic heterocycles. The number of rotatable bonds is 9. The van der Waals surface area contributed by atoms with Crippen LogP contribution in [0.25, 0.3) is 0 Å². The number of esters is 2. The number of methoxy groups -OCH3 is 3. The number of carbonyl (C=O) groups excluding carboxylic acids is 2. The third kappa shape index (κ3) is 5.54. The first-order valence-corrected chi connectivity index (χ1v) is 9.81. The molecule has 0 aliphatic rings. The lowest BCUT2D eigenvalue weighted by molar-refractivity contribution is -0.383.